The van der Waals surface area contributed by atoms with E-state index in [-0.39, 0.29) is 0 Å². The largest absolute Gasteiger partial charge is 0.378 e. The van der Waals surface area contributed by atoms with Crippen molar-refractivity contribution in [2.24, 2.45) is 4.99 Å². The van der Waals surface area contributed by atoms with E-state index in [9.17, 15) is 0 Å². The molecule has 1 aliphatic rings. The van der Waals surface area contributed by atoms with Gasteiger partial charge in [-0.1, -0.05) is 6.07 Å². The summed E-state index contributed by atoms with van der Waals surface area (Å²) in [5.41, 5.74) is 3.78. The van der Waals surface area contributed by atoms with Crippen LogP contribution in [0.1, 0.15) is 44.7 Å². The molecule has 0 saturated carbocycles. The van der Waals surface area contributed by atoms with Crippen molar-refractivity contribution in [3.63, 3.8) is 0 Å². The number of nitrogens with one attached hydrogen (secondary N) is 2. The molecule has 164 valence electrons. The second-order valence-electron chi connectivity index (χ2n) is 8.38. The Bertz CT molecular complexity index is 636. The highest BCUT2D eigenvalue weighted by atomic mass is 16.5. The third-order valence-electron chi connectivity index (χ3n) is 5.38. The standard InChI is InChI=1S/C23H41N5O/c1-7-24-23(25-17-20-8-9-22(27(5)6)16-19(20)4)26-21-10-12-28(13-11-21)14-15-29-18(2)3/h8-9,16,18,21H,7,10-15,17H2,1-6H3,(H2,24,25,26). The highest BCUT2D eigenvalue weighted by Gasteiger charge is 2.19. The first kappa shape index (κ1) is 23.5. The van der Waals surface area contributed by atoms with E-state index in [1.54, 1.807) is 0 Å². The number of piperidine rings is 1. The summed E-state index contributed by atoms with van der Waals surface area (Å²) in [6, 6.07) is 7.06. The Hall–Kier alpha value is -1.79. The number of anilines is 1. The van der Waals surface area contributed by atoms with Crippen LogP contribution in [0.2, 0.25) is 0 Å². The number of nitrogens with zero attached hydrogens (tertiary/aromatic N) is 3. The molecule has 0 radical (unpaired) electrons. The number of ether oxygens (including phenoxy) is 1. The third-order valence-corrected chi connectivity index (χ3v) is 5.38. The maximum absolute atomic E-state index is 5.68. The molecule has 0 bridgehead atoms. The van der Waals surface area contributed by atoms with Crippen molar-refractivity contribution in [1.29, 1.82) is 0 Å². The van der Waals surface area contributed by atoms with Crippen LogP contribution >= 0.6 is 0 Å². The molecule has 1 heterocycles. The highest BCUT2D eigenvalue weighted by Crippen LogP contribution is 2.18. The first-order valence-corrected chi connectivity index (χ1v) is 11.0. The predicted molar refractivity (Wildman–Crippen MR) is 124 cm³/mol. The molecule has 0 spiro atoms. The molecule has 0 unspecified atom stereocenters. The van der Waals surface area contributed by atoms with Crippen molar-refractivity contribution in [3.05, 3.63) is 29.3 Å². The monoisotopic (exact) mass is 403 g/mol. The van der Waals surface area contributed by atoms with E-state index in [1.165, 1.54) is 16.8 Å². The SMILES string of the molecule is CCNC(=NCc1ccc(N(C)C)cc1C)NC1CCN(CCOC(C)C)CC1. The van der Waals surface area contributed by atoms with Gasteiger partial charge >= 0.3 is 0 Å². The molecule has 29 heavy (non-hydrogen) atoms. The number of hydrogen-bond acceptors (Lipinski definition) is 4. The smallest absolute Gasteiger partial charge is 0.191 e. The minimum atomic E-state index is 0.316. The minimum absolute atomic E-state index is 0.316. The van der Waals surface area contributed by atoms with E-state index in [4.69, 9.17) is 9.73 Å². The lowest BCUT2D eigenvalue weighted by Gasteiger charge is -2.33. The topological polar surface area (TPSA) is 52.1 Å². The quantitative estimate of drug-likeness (QED) is 0.490. The molecule has 1 aliphatic heterocycles. The molecule has 2 N–H and O–H groups in total. The van der Waals surface area contributed by atoms with E-state index in [0.29, 0.717) is 18.7 Å². The van der Waals surface area contributed by atoms with Gasteiger partial charge in [-0.2, -0.15) is 0 Å². The second-order valence-corrected chi connectivity index (χ2v) is 8.38. The normalized spacial score (nSPS) is 16.3. The number of guanidine groups is 1. The molecule has 2 rings (SSSR count). The number of rotatable bonds is 9. The number of benzene rings is 1. The molecule has 0 atom stereocenters. The van der Waals surface area contributed by atoms with Crippen LogP contribution in [0, 0.1) is 6.92 Å². The minimum Gasteiger partial charge on any atom is -0.378 e. The van der Waals surface area contributed by atoms with E-state index < -0.39 is 0 Å². The van der Waals surface area contributed by atoms with Gasteiger partial charge in [0.1, 0.15) is 0 Å². The van der Waals surface area contributed by atoms with Crippen LogP contribution in [0.4, 0.5) is 5.69 Å². The van der Waals surface area contributed by atoms with Gasteiger partial charge in [0, 0.05) is 52.0 Å². The van der Waals surface area contributed by atoms with Crippen molar-refractivity contribution in [3.8, 4) is 0 Å². The van der Waals surface area contributed by atoms with Gasteiger partial charge in [-0.15, -0.1) is 0 Å². The van der Waals surface area contributed by atoms with Crippen molar-refractivity contribution in [2.75, 3.05) is 51.8 Å². The van der Waals surface area contributed by atoms with Crippen LogP contribution in [-0.2, 0) is 11.3 Å². The zero-order valence-electron chi connectivity index (χ0n) is 19.3. The number of likely N-dealkylation sites (tertiary alicyclic amines) is 1. The van der Waals surface area contributed by atoms with Crippen LogP contribution in [0.25, 0.3) is 0 Å². The van der Waals surface area contributed by atoms with Gasteiger partial charge in [0.2, 0.25) is 0 Å². The van der Waals surface area contributed by atoms with Crippen LogP contribution in [0.15, 0.2) is 23.2 Å². The first-order chi connectivity index (χ1) is 13.9. The van der Waals surface area contributed by atoms with E-state index in [0.717, 1.165) is 51.6 Å². The zero-order chi connectivity index (χ0) is 21.2. The van der Waals surface area contributed by atoms with Crippen LogP contribution in [0.5, 0.6) is 0 Å². The molecule has 6 heteroatoms. The summed E-state index contributed by atoms with van der Waals surface area (Å²) in [4.78, 5) is 9.48. The van der Waals surface area contributed by atoms with E-state index >= 15 is 0 Å². The Kier molecular flexibility index (Phi) is 9.74. The molecule has 0 aromatic heterocycles. The van der Waals surface area contributed by atoms with Gasteiger partial charge in [-0.25, -0.2) is 4.99 Å². The summed E-state index contributed by atoms with van der Waals surface area (Å²) in [6.45, 7) is 14.1. The first-order valence-electron chi connectivity index (χ1n) is 11.0. The summed E-state index contributed by atoms with van der Waals surface area (Å²) in [5.74, 6) is 0.921. The number of aliphatic imine (C=N–C) groups is 1. The van der Waals surface area contributed by atoms with Crippen LogP contribution in [-0.4, -0.2) is 69.9 Å². The molecular formula is C23H41N5O. The molecule has 1 fully saturated rings. The molecule has 0 aliphatic carbocycles. The van der Waals surface area contributed by atoms with Gasteiger partial charge in [0.15, 0.2) is 5.96 Å². The Morgan fingerprint density at radius 2 is 2.00 bits per heavy atom. The molecule has 1 saturated heterocycles. The lowest BCUT2D eigenvalue weighted by molar-refractivity contribution is 0.0532. The predicted octanol–water partition coefficient (Wildman–Crippen LogP) is 3.01. The third kappa shape index (κ3) is 8.23. The molecule has 0 amide bonds. The van der Waals surface area contributed by atoms with Gasteiger partial charge in [-0.05, 0) is 63.8 Å². The average Bonchev–Trinajstić information content (AvgIpc) is 2.68. The Balaban J connectivity index is 1.85. The van der Waals surface area contributed by atoms with E-state index in [2.05, 4.69) is 80.4 Å². The fourth-order valence-corrected chi connectivity index (χ4v) is 3.53. The molecular weight excluding hydrogens is 362 g/mol. The molecule has 1 aromatic carbocycles. The average molecular weight is 404 g/mol. The fourth-order valence-electron chi connectivity index (χ4n) is 3.53. The highest BCUT2D eigenvalue weighted by molar-refractivity contribution is 5.80. The lowest BCUT2D eigenvalue weighted by Crippen LogP contribution is -2.49. The fraction of sp³-hybridized carbons (Fsp3) is 0.696. The van der Waals surface area contributed by atoms with Gasteiger partial charge in [0.25, 0.3) is 0 Å². The van der Waals surface area contributed by atoms with Gasteiger partial charge < -0.3 is 25.2 Å². The van der Waals surface area contributed by atoms with Crippen molar-refractivity contribution in [2.45, 2.75) is 59.2 Å². The maximum Gasteiger partial charge on any atom is 0.191 e. The zero-order valence-corrected chi connectivity index (χ0v) is 19.3. The summed E-state index contributed by atoms with van der Waals surface area (Å²) in [5, 5.41) is 7.05. The summed E-state index contributed by atoms with van der Waals surface area (Å²) in [7, 11) is 4.14. The van der Waals surface area contributed by atoms with Crippen LogP contribution in [0.3, 0.4) is 0 Å². The Morgan fingerprint density at radius 3 is 2.59 bits per heavy atom. The number of aryl methyl sites for hydroxylation is 1. The van der Waals surface area contributed by atoms with Crippen molar-refractivity contribution < 1.29 is 4.74 Å². The van der Waals surface area contributed by atoms with Crippen LogP contribution < -0.4 is 15.5 Å². The summed E-state index contributed by atoms with van der Waals surface area (Å²) in [6.07, 6.45) is 2.60. The molecule has 1 aromatic rings. The number of hydrogen-bond donors (Lipinski definition) is 2. The molecule has 6 nitrogen and oxygen atoms in total. The second kappa shape index (κ2) is 12.0. The Labute approximate surface area is 177 Å². The van der Waals surface area contributed by atoms with Gasteiger partial charge in [0.05, 0.1) is 19.3 Å². The van der Waals surface area contributed by atoms with Crippen molar-refractivity contribution in [1.82, 2.24) is 15.5 Å². The van der Waals surface area contributed by atoms with Gasteiger partial charge in [-0.3, -0.25) is 0 Å². The summed E-state index contributed by atoms with van der Waals surface area (Å²) >= 11 is 0. The Morgan fingerprint density at radius 1 is 1.28 bits per heavy atom. The lowest BCUT2D eigenvalue weighted by atomic mass is 10.1. The van der Waals surface area contributed by atoms with E-state index in [1.807, 2.05) is 0 Å². The summed E-state index contributed by atoms with van der Waals surface area (Å²) < 4.78 is 5.68. The van der Waals surface area contributed by atoms with Crippen molar-refractivity contribution >= 4 is 11.6 Å². The maximum atomic E-state index is 5.68.